The molecule has 0 aromatic heterocycles. The average molecular weight is 200 g/mol. The molecule has 0 amide bonds. The van der Waals surface area contributed by atoms with E-state index in [0.717, 1.165) is 0 Å². The Balaban J connectivity index is 0.000000500. The molecule has 5 nitrogen and oxygen atoms in total. The molecule has 0 atom stereocenters. The monoisotopic (exact) mass is 200 g/mol. The van der Waals surface area contributed by atoms with Gasteiger partial charge in [0, 0.05) is 18.2 Å². The van der Waals surface area contributed by atoms with Gasteiger partial charge in [0.15, 0.2) is 0 Å². The standard InChI is InChI=1S/C8H10O3.CH2O2/c1-10-7-3-6(9)4-8(5-7)11-2;2-1-3/h3-5,9H,1-2H3;1H,(H,2,3). The van der Waals surface area contributed by atoms with Crippen molar-refractivity contribution in [2.24, 2.45) is 0 Å². The zero-order valence-corrected chi connectivity index (χ0v) is 7.93. The van der Waals surface area contributed by atoms with Gasteiger partial charge in [0.25, 0.3) is 6.47 Å². The van der Waals surface area contributed by atoms with E-state index in [2.05, 4.69) is 0 Å². The smallest absolute Gasteiger partial charge is 0.290 e. The molecule has 1 aromatic carbocycles. The molecule has 0 radical (unpaired) electrons. The third-order valence-corrected chi connectivity index (χ3v) is 1.34. The van der Waals surface area contributed by atoms with Crippen LogP contribution >= 0.6 is 0 Å². The third-order valence-electron chi connectivity index (χ3n) is 1.34. The molecule has 1 aromatic rings. The summed E-state index contributed by atoms with van der Waals surface area (Å²) in [6, 6.07) is 4.73. The van der Waals surface area contributed by atoms with E-state index < -0.39 is 0 Å². The summed E-state index contributed by atoms with van der Waals surface area (Å²) < 4.78 is 9.80. The maximum atomic E-state index is 9.10. The molecule has 0 fully saturated rings. The van der Waals surface area contributed by atoms with Crippen LogP contribution in [0.4, 0.5) is 0 Å². The molecule has 0 aliphatic heterocycles. The molecule has 14 heavy (non-hydrogen) atoms. The van der Waals surface area contributed by atoms with Crippen molar-refractivity contribution in [2.75, 3.05) is 14.2 Å². The molecule has 1 rings (SSSR count). The van der Waals surface area contributed by atoms with Crippen LogP contribution < -0.4 is 9.47 Å². The second kappa shape index (κ2) is 6.59. The molecular formula is C9H12O5. The average Bonchev–Trinajstić information content (AvgIpc) is 2.18. The fraction of sp³-hybridized carbons (Fsp3) is 0.222. The first-order chi connectivity index (χ1) is 6.67. The van der Waals surface area contributed by atoms with E-state index in [4.69, 9.17) is 24.5 Å². The number of hydrogen-bond donors (Lipinski definition) is 2. The second-order valence-corrected chi connectivity index (χ2v) is 2.18. The fourth-order valence-corrected chi connectivity index (χ4v) is 0.792. The molecule has 0 aliphatic carbocycles. The largest absolute Gasteiger partial charge is 0.508 e. The Labute approximate surface area is 81.5 Å². The number of methoxy groups -OCH3 is 2. The Hall–Kier alpha value is -1.91. The van der Waals surface area contributed by atoms with Crippen LogP contribution in [0.5, 0.6) is 17.2 Å². The van der Waals surface area contributed by atoms with E-state index >= 15 is 0 Å². The van der Waals surface area contributed by atoms with Gasteiger partial charge in [0.05, 0.1) is 14.2 Å². The number of rotatable bonds is 2. The quantitative estimate of drug-likeness (QED) is 0.699. The minimum absolute atomic E-state index is 0.140. The molecule has 78 valence electrons. The Morgan fingerprint density at radius 1 is 1.14 bits per heavy atom. The van der Waals surface area contributed by atoms with Crippen LogP contribution in [0.25, 0.3) is 0 Å². The van der Waals surface area contributed by atoms with Crippen molar-refractivity contribution in [1.82, 2.24) is 0 Å². The summed E-state index contributed by atoms with van der Waals surface area (Å²) in [5, 5.41) is 16.0. The maximum Gasteiger partial charge on any atom is 0.290 e. The van der Waals surface area contributed by atoms with Gasteiger partial charge in [0.2, 0.25) is 0 Å². The maximum absolute atomic E-state index is 9.10. The predicted octanol–water partition coefficient (Wildman–Crippen LogP) is 1.11. The van der Waals surface area contributed by atoms with Crippen LogP contribution in [0.1, 0.15) is 0 Å². The number of phenolic OH excluding ortho intramolecular Hbond substituents is 1. The summed E-state index contributed by atoms with van der Waals surface area (Å²) in [5.74, 6) is 1.31. The lowest BCUT2D eigenvalue weighted by atomic mass is 10.3. The molecule has 0 bridgehead atoms. The highest BCUT2D eigenvalue weighted by Crippen LogP contribution is 2.25. The Kier molecular flexibility index (Phi) is 5.69. The van der Waals surface area contributed by atoms with Gasteiger partial charge in [-0.05, 0) is 0 Å². The topological polar surface area (TPSA) is 76.0 Å². The van der Waals surface area contributed by atoms with E-state index in [1.165, 1.54) is 26.4 Å². The van der Waals surface area contributed by atoms with Gasteiger partial charge in [-0.25, -0.2) is 0 Å². The Bertz CT molecular complexity index is 262. The van der Waals surface area contributed by atoms with Crippen LogP contribution in [-0.2, 0) is 4.79 Å². The Morgan fingerprint density at radius 2 is 1.50 bits per heavy atom. The summed E-state index contributed by atoms with van der Waals surface area (Å²) in [7, 11) is 3.07. The zero-order valence-electron chi connectivity index (χ0n) is 7.93. The first kappa shape index (κ1) is 12.1. The molecule has 0 aliphatic rings. The third kappa shape index (κ3) is 4.20. The SMILES string of the molecule is COc1cc(O)cc(OC)c1.O=CO. The van der Waals surface area contributed by atoms with Crippen molar-refractivity contribution in [3.8, 4) is 17.2 Å². The molecule has 0 spiro atoms. The lowest BCUT2D eigenvalue weighted by molar-refractivity contribution is -0.122. The number of carboxylic acid groups (broad SMARTS) is 1. The first-order valence-corrected chi connectivity index (χ1v) is 3.67. The van der Waals surface area contributed by atoms with E-state index in [0.29, 0.717) is 11.5 Å². The summed E-state index contributed by atoms with van der Waals surface area (Å²) in [6.45, 7) is -0.250. The van der Waals surface area contributed by atoms with Crippen LogP contribution in [-0.4, -0.2) is 30.9 Å². The Morgan fingerprint density at radius 3 is 1.79 bits per heavy atom. The van der Waals surface area contributed by atoms with Gasteiger partial charge in [-0.1, -0.05) is 0 Å². The van der Waals surface area contributed by atoms with Gasteiger partial charge < -0.3 is 19.7 Å². The molecule has 2 N–H and O–H groups in total. The van der Waals surface area contributed by atoms with Crippen LogP contribution in [0.15, 0.2) is 18.2 Å². The van der Waals surface area contributed by atoms with Gasteiger partial charge in [-0.2, -0.15) is 0 Å². The molecule has 0 saturated carbocycles. The van der Waals surface area contributed by atoms with Crippen molar-refractivity contribution in [2.45, 2.75) is 0 Å². The zero-order chi connectivity index (χ0) is 11.0. The molecule has 0 heterocycles. The highest BCUT2D eigenvalue weighted by molar-refractivity contribution is 5.41. The lowest BCUT2D eigenvalue weighted by Crippen LogP contribution is -1.85. The predicted molar refractivity (Wildman–Crippen MR) is 49.9 cm³/mol. The number of carbonyl (C=O) groups is 1. The van der Waals surface area contributed by atoms with Gasteiger partial charge in [0.1, 0.15) is 17.2 Å². The van der Waals surface area contributed by atoms with Crippen LogP contribution in [0.3, 0.4) is 0 Å². The van der Waals surface area contributed by atoms with E-state index in [9.17, 15) is 0 Å². The summed E-state index contributed by atoms with van der Waals surface area (Å²) in [5.41, 5.74) is 0. The first-order valence-electron chi connectivity index (χ1n) is 3.67. The second-order valence-electron chi connectivity index (χ2n) is 2.18. The highest BCUT2D eigenvalue weighted by Gasteiger charge is 1.98. The van der Waals surface area contributed by atoms with Crippen molar-refractivity contribution in [3.63, 3.8) is 0 Å². The van der Waals surface area contributed by atoms with Crippen LogP contribution in [0, 0.1) is 0 Å². The summed E-state index contributed by atoms with van der Waals surface area (Å²) in [6.07, 6.45) is 0. The normalized spacial score (nSPS) is 8.14. The van der Waals surface area contributed by atoms with Crippen molar-refractivity contribution in [3.05, 3.63) is 18.2 Å². The van der Waals surface area contributed by atoms with Crippen LogP contribution in [0.2, 0.25) is 0 Å². The minimum Gasteiger partial charge on any atom is -0.508 e. The molecule has 0 saturated heterocycles. The lowest BCUT2D eigenvalue weighted by Gasteiger charge is -2.03. The molecular weight excluding hydrogens is 188 g/mol. The molecule has 5 heteroatoms. The highest BCUT2D eigenvalue weighted by atomic mass is 16.5. The number of phenols is 1. The van der Waals surface area contributed by atoms with Crippen molar-refractivity contribution < 1.29 is 24.5 Å². The van der Waals surface area contributed by atoms with Gasteiger partial charge >= 0.3 is 0 Å². The number of aromatic hydroxyl groups is 1. The number of hydrogen-bond acceptors (Lipinski definition) is 4. The summed E-state index contributed by atoms with van der Waals surface area (Å²) >= 11 is 0. The number of ether oxygens (including phenoxy) is 2. The fourth-order valence-electron chi connectivity index (χ4n) is 0.792. The van der Waals surface area contributed by atoms with Crippen molar-refractivity contribution >= 4 is 6.47 Å². The van der Waals surface area contributed by atoms with Gasteiger partial charge in [-0.15, -0.1) is 0 Å². The minimum atomic E-state index is -0.250. The van der Waals surface area contributed by atoms with Gasteiger partial charge in [-0.3, -0.25) is 4.79 Å². The van der Waals surface area contributed by atoms with E-state index in [-0.39, 0.29) is 12.2 Å². The van der Waals surface area contributed by atoms with Crippen molar-refractivity contribution in [1.29, 1.82) is 0 Å². The van der Waals surface area contributed by atoms with E-state index in [1.54, 1.807) is 6.07 Å². The molecule has 0 unspecified atom stereocenters. The summed E-state index contributed by atoms with van der Waals surface area (Å²) in [4.78, 5) is 8.36. The van der Waals surface area contributed by atoms with E-state index in [1.807, 2.05) is 0 Å². The number of benzene rings is 1.